The molecule has 214 valence electrons. The van der Waals surface area contributed by atoms with Crippen molar-refractivity contribution in [1.82, 2.24) is 19.8 Å². The normalized spacial score (nSPS) is 18.1. The van der Waals surface area contributed by atoms with Crippen LogP contribution in [-0.2, 0) is 13.1 Å². The molecule has 2 amide bonds. The van der Waals surface area contributed by atoms with Gasteiger partial charge in [-0.25, -0.2) is 9.78 Å². The molecule has 0 spiro atoms. The Bertz CT molecular complexity index is 1570. The number of nitrogens with zero attached hydrogens (tertiary/aromatic N) is 3. The lowest BCUT2D eigenvalue weighted by Gasteiger charge is -2.47. The first-order chi connectivity index (χ1) is 19.8. The Hall–Kier alpha value is -3.68. The van der Waals surface area contributed by atoms with Crippen LogP contribution in [0.2, 0.25) is 5.02 Å². The first-order valence-electron chi connectivity index (χ1n) is 14.3. The molecular formula is C33H38ClN5O2. The second-order valence-electron chi connectivity index (χ2n) is 11.4. The van der Waals surface area contributed by atoms with E-state index in [9.17, 15) is 9.59 Å². The lowest BCUT2D eigenvalue weighted by atomic mass is 9.77. The number of amides is 2. The van der Waals surface area contributed by atoms with E-state index in [-0.39, 0.29) is 35.4 Å². The van der Waals surface area contributed by atoms with Gasteiger partial charge in [-0.15, -0.1) is 0 Å². The lowest BCUT2D eigenvalue weighted by Crippen LogP contribution is -2.60. The minimum absolute atomic E-state index is 0.115. The van der Waals surface area contributed by atoms with Gasteiger partial charge in [-0.2, -0.15) is 0 Å². The number of hydrogen-bond donors (Lipinski definition) is 2. The van der Waals surface area contributed by atoms with Crippen molar-refractivity contribution >= 4 is 28.5 Å². The summed E-state index contributed by atoms with van der Waals surface area (Å²) in [5, 5.41) is 4.16. The summed E-state index contributed by atoms with van der Waals surface area (Å²) in [6.07, 6.45) is 0.568. The summed E-state index contributed by atoms with van der Waals surface area (Å²) in [5.41, 5.74) is 9.90. The van der Waals surface area contributed by atoms with Crippen LogP contribution in [0.15, 0.2) is 77.6 Å². The molecule has 0 radical (unpaired) electrons. The number of nitrogens with one attached hydrogen (secondary N) is 1. The van der Waals surface area contributed by atoms with Gasteiger partial charge in [0.05, 0.1) is 17.4 Å². The summed E-state index contributed by atoms with van der Waals surface area (Å²) in [6, 6.07) is 23.0. The van der Waals surface area contributed by atoms with E-state index in [1.54, 1.807) is 22.8 Å². The Labute approximate surface area is 246 Å². The van der Waals surface area contributed by atoms with Crippen LogP contribution in [0.1, 0.15) is 48.7 Å². The third-order valence-corrected chi connectivity index (χ3v) is 8.47. The number of carbonyl (C=O) groups excluding carboxylic acids is 1. The minimum atomic E-state index is -0.274. The maximum absolute atomic E-state index is 14.1. The molecule has 5 rings (SSSR count). The molecule has 1 aliphatic heterocycles. The predicted molar refractivity (Wildman–Crippen MR) is 165 cm³/mol. The van der Waals surface area contributed by atoms with Crippen LogP contribution in [0.5, 0.6) is 0 Å². The number of halogens is 1. The highest BCUT2D eigenvalue weighted by Crippen LogP contribution is 2.37. The zero-order valence-electron chi connectivity index (χ0n) is 23.9. The van der Waals surface area contributed by atoms with Gasteiger partial charge in [0.25, 0.3) is 5.56 Å². The Morgan fingerprint density at radius 3 is 2.39 bits per heavy atom. The van der Waals surface area contributed by atoms with Crippen molar-refractivity contribution < 1.29 is 4.79 Å². The van der Waals surface area contributed by atoms with Gasteiger partial charge in [0.1, 0.15) is 5.82 Å². The lowest BCUT2D eigenvalue weighted by molar-refractivity contribution is 0.0753. The number of hydrogen-bond acceptors (Lipinski definition) is 4. The van der Waals surface area contributed by atoms with Gasteiger partial charge >= 0.3 is 6.03 Å². The predicted octanol–water partition coefficient (Wildman–Crippen LogP) is 5.71. The van der Waals surface area contributed by atoms with Crippen molar-refractivity contribution in [2.24, 2.45) is 17.6 Å². The molecular weight excluding hydrogens is 534 g/mol. The maximum atomic E-state index is 14.1. The summed E-state index contributed by atoms with van der Waals surface area (Å²) in [5.74, 6) is 0.749. The second-order valence-corrected chi connectivity index (χ2v) is 11.8. The first kappa shape index (κ1) is 28.8. The molecule has 1 aliphatic rings. The van der Waals surface area contributed by atoms with Crippen LogP contribution >= 0.6 is 11.6 Å². The van der Waals surface area contributed by atoms with Crippen LogP contribution in [0.25, 0.3) is 10.9 Å². The van der Waals surface area contributed by atoms with Gasteiger partial charge in [0.15, 0.2) is 0 Å². The molecule has 4 aromatic rings. The molecule has 3 aromatic carbocycles. The van der Waals surface area contributed by atoms with Gasteiger partial charge in [0.2, 0.25) is 0 Å². The molecule has 1 saturated heterocycles. The van der Waals surface area contributed by atoms with E-state index in [4.69, 9.17) is 22.3 Å². The van der Waals surface area contributed by atoms with E-state index in [1.165, 1.54) is 5.56 Å². The van der Waals surface area contributed by atoms with Crippen LogP contribution < -0.4 is 16.6 Å². The first-order valence-corrected chi connectivity index (χ1v) is 14.7. The van der Waals surface area contributed by atoms with Gasteiger partial charge in [0, 0.05) is 30.1 Å². The highest BCUT2D eigenvalue weighted by atomic mass is 35.5. The highest BCUT2D eigenvalue weighted by molar-refractivity contribution is 6.31. The number of aryl methyl sites for hydroxylation is 1. The van der Waals surface area contributed by atoms with Crippen LogP contribution in [0, 0.1) is 18.8 Å². The summed E-state index contributed by atoms with van der Waals surface area (Å²) >= 11 is 6.36. The van der Waals surface area contributed by atoms with Crippen LogP contribution in [0.4, 0.5) is 4.79 Å². The largest absolute Gasteiger partial charge is 0.338 e. The molecule has 2 heterocycles. The fourth-order valence-corrected chi connectivity index (χ4v) is 6.22. The Kier molecular flexibility index (Phi) is 8.76. The Balaban J connectivity index is 1.70. The van der Waals surface area contributed by atoms with E-state index < -0.39 is 0 Å². The number of carbonyl (C=O) groups is 1. The third-order valence-electron chi connectivity index (χ3n) is 8.23. The van der Waals surface area contributed by atoms with E-state index in [0.717, 1.165) is 11.1 Å². The molecule has 1 fully saturated rings. The quantitative estimate of drug-likeness (QED) is 0.269. The number of fused-ring (bicyclic) bond motifs is 1. The van der Waals surface area contributed by atoms with Crippen LogP contribution in [0.3, 0.4) is 0 Å². The fraction of sp³-hybridized carbons (Fsp3) is 0.364. The summed E-state index contributed by atoms with van der Waals surface area (Å²) in [7, 11) is 0. The number of urea groups is 1. The number of benzene rings is 3. The summed E-state index contributed by atoms with van der Waals surface area (Å²) in [4.78, 5) is 34.7. The van der Waals surface area contributed by atoms with Crippen molar-refractivity contribution in [1.29, 1.82) is 0 Å². The zero-order chi connectivity index (χ0) is 29.1. The van der Waals surface area contributed by atoms with Crippen molar-refractivity contribution in [2.75, 3.05) is 13.1 Å². The molecule has 41 heavy (non-hydrogen) atoms. The second kappa shape index (κ2) is 12.5. The van der Waals surface area contributed by atoms with Gasteiger partial charge in [-0.3, -0.25) is 9.36 Å². The minimum Gasteiger partial charge on any atom is -0.338 e. The number of rotatable bonds is 9. The summed E-state index contributed by atoms with van der Waals surface area (Å²) in [6.45, 7) is 8.17. The van der Waals surface area contributed by atoms with E-state index in [2.05, 4.69) is 50.4 Å². The molecule has 7 nitrogen and oxygen atoms in total. The number of nitrogens with two attached hydrogens (primary N) is 1. The Morgan fingerprint density at radius 1 is 1.00 bits per heavy atom. The maximum Gasteiger partial charge on any atom is 0.317 e. The SMILES string of the molecule is Cc1ccc(CN2C(=O)NCC(C(C)C)C2C(CCN)c2nc3cc(Cl)ccc3c(=O)n2Cc2ccccc2)cc1. The van der Waals surface area contributed by atoms with Crippen molar-refractivity contribution in [2.45, 2.75) is 52.2 Å². The molecule has 3 atom stereocenters. The zero-order valence-corrected chi connectivity index (χ0v) is 24.6. The topological polar surface area (TPSA) is 93.2 Å². The molecule has 0 saturated carbocycles. The van der Waals surface area contributed by atoms with Crippen molar-refractivity contribution in [3.8, 4) is 0 Å². The smallest absolute Gasteiger partial charge is 0.317 e. The Morgan fingerprint density at radius 2 is 1.71 bits per heavy atom. The average molecular weight is 572 g/mol. The van der Waals surface area contributed by atoms with Crippen LogP contribution in [-0.4, -0.2) is 39.6 Å². The van der Waals surface area contributed by atoms with Crippen molar-refractivity contribution in [3.05, 3.63) is 111 Å². The monoisotopic (exact) mass is 571 g/mol. The third kappa shape index (κ3) is 6.16. The highest BCUT2D eigenvalue weighted by Gasteiger charge is 2.43. The van der Waals surface area contributed by atoms with Crippen molar-refractivity contribution in [3.63, 3.8) is 0 Å². The van der Waals surface area contributed by atoms with E-state index in [0.29, 0.717) is 54.3 Å². The molecule has 8 heteroatoms. The fourth-order valence-electron chi connectivity index (χ4n) is 6.05. The van der Waals surface area contributed by atoms with Gasteiger partial charge in [-0.05, 0) is 61.1 Å². The molecule has 3 unspecified atom stereocenters. The van der Waals surface area contributed by atoms with Gasteiger partial charge < -0.3 is 16.0 Å². The van der Waals surface area contributed by atoms with E-state index >= 15 is 0 Å². The van der Waals surface area contributed by atoms with Gasteiger partial charge in [-0.1, -0.05) is 85.6 Å². The van der Waals surface area contributed by atoms with E-state index in [1.807, 2.05) is 35.2 Å². The molecule has 0 bridgehead atoms. The molecule has 0 aliphatic carbocycles. The molecule has 3 N–H and O–H groups in total. The molecule has 1 aromatic heterocycles. The number of aromatic nitrogens is 2. The average Bonchev–Trinajstić information content (AvgIpc) is 2.96. The summed E-state index contributed by atoms with van der Waals surface area (Å²) < 4.78 is 1.78. The standard InChI is InChI=1S/C33H38ClN5O2/c1-21(2)28-18-36-33(41)38(19-24-11-9-22(3)10-12-24)30(28)27(15-16-35)31-37-29-17-25(34)13-14-26(29)32(40)39(31)20-23-7-5-4-6-8-23/h4-14,17,21,27-28,30H,15-16,18-20,35H2,1-3H3,(H,36,41).